The van der Waals surface area contributed by atoms with Crippen LogP contribution in [0.2, 0.25) is 0 Å². The quantitative estimate of drug-likeness (QED) is 0.477. The molecule has 5 nitrogen and oxygen atoms in total. The molecule has 0 saturated heterocycles. The molecule has 0 aromatic carbocycles. The number of nitro groups is 1. The molecule has 0 aromatic rings. The molecule has 74 valence electrons. The fraction of sp³-hybridized carbons (Fsp3) is 0.857. The number of hydrogen-bond acceptors (Lipinski definition) is 5. The number of nitrogens with zero attached hydrogens (tertiary/aromatic N) is 3. The van der Waals surface area contributed by atoms with Gasteiger partial charge >= 0.3 is 0 Å². The van der Waals surface area contributed by atoms with Gasteiger partial charge in [-0.1, -0.05) is 0 Å². The Hall–Kier alpha value is -0.780. The van der Waals surface area contributed by atoms with Gasteiger partial charge in [0.2, 0.25) is 0 Å². The molecule has 0 unspecified atom stereocenters. The van der Waals surface area contributed by atoms with E-state index in [4.69, 9.17) is 0 Å². The maximum absolute atomic E-state index is 10.3. The van der Waals surface area contributed by atoms with E-state index in [0.29, 0.717) is 12.4 Å². The molecule has 1 aliphatic rings. The summed E-state index contributed by atoms with van der Waals surface area (Å²) in [7, 11) is 0. The smallest absolute Gasteiger partial charge is 0.260 e. The predicted octanol–water partition coefficient (Wildman–Crippen LogP) is 0.340. The second-order valence-electron chi connectivity index (χ2n) is 2.77. The van der Waals surface area contributed by atoms with E-state index < -0.39 is 0 Å². The first kappa shape index (κ1) is 10.3. The third-order valence-corrected chi connectivity index (χ3v) is 2.46. The molecule has 0 fully saturated rings. The Labute approximate surface area is 81.4 Å². The van der Waals surface area contributed by atoms with Gasteiger partial charge in [0.05, 0.1) is 6.54 Å². The van der Waals surface area contributed by atoms with Crippen molar-refractivity contribution >= 4 is 17.6 Å². The first-order valence-corrected chi connectivity index (χ1v) is 5.52. The van der Waals surface area contributed by atoms with Crippen molar-refractivity contribution in [1.29, 1.82) is 0 Å². The van der Waals surface area contributed by atoms with Crippen LogP contribution in [-0.4, -0.2) is 53.8 Å². The summed E-state index contributed by atoms with van der Waals surface area (Å²) in [5.74, 6) is 1.63. The molecule has 6 heteroatoms. The van der Waals surface area contributed by atoms with Crippen LogP contribution in [0.3, 0.4) is 0 Å². The van der Waals surface area contributed by atoms with Gasteiger partial charge in [0.15, 0.2) is 5.84 Å². The van der Waals surface area contributed by atoms with Gasteiger partial charge in [0.1, 0.15) is 0 Å². The first-order valence-electron chi connectivity index (χ1n) is 4.13. The Morgan fingerprint density at radius 1 is 1.77 bits per heavy atom. The number of thioether (sulfide) groups is 1. The van der Waals surface area contributed by atoms with Crippen molar-refractivity contribution < 1.29 is 4.92 Å². The maximum atomic E-state index is 10.3. The third-order valence-electron chi connectivity index (χ3n) is 1.87. The van der Waals surface area contributed by atoms with Crippen molar-refractivity contribution in [2.45, 2.75) is 0 Å². The summed E-state index contributed by atoms with van der Waals surface area (Å²) in [6.45, 7) is 2.28. The second kappa shape index (κ2) is 5.06. The summed E-state index contributed by atoms with van der Waals surface area (Å²) in [5.41, 5.74) is 0. The Balaban J connectivity index is 2.38. The lowest BCUT2D eigenvalue weighted by Crippen LogP contribution is -2.34. The molecule has 0 amide bonds. The topological polar surface area (TPSA) is 58.7 Å². The van der Waals surface area contributed by atoms with E-state index in [1.807, 2.05) is 11.2 Å². The van der Waals surface area contributed by atoms with Crippen LogP contribution >= 0.6 is 11.8 Å². The molecule has 0 saturated carbocycles. The second-order valence-corrected chi connectivity index (χ2v) is 3.75. The molecule has 1 aliphatic heterocycles. The summed E-state index contributed by atoms with van der Waals surface area (Å²) >= 11 is 1.74. The monoisotopic (exact) mass is 203 g/mol. The zero-order valence-corrected chi connectivity index (χ0v) is 8.42. The number of amidine groups is 1. The summed E-state index contributed by atoms with van der Waals surface area (Å²) in [6, 6.07) is 0. The third kappa shape index (κ3) is 3.22. The van der Waals surface area contributed by atoms with Crippen molar-refractivity contribution in [3.05, 3.63) is 10.1 Å². The Kier molecular flexibility index (Phi) is 4.01. The average Bonchev–Trinajstić information content (AvgIpc) is 2.48. The van der Waals surface area contributed by atoms with Crippen molar-refractivity contribution in [3.63, 3.8) is 0 Å². The Morgan fingerprint density at radius 2 is 2.54 bits per heavy atom. The lowest BCUT2D eigenvalue weighted by molar-refractivity contribution is -0.464. The van der Waals surface area contributed by atoms with Crippen molar-refractivity contribution in [3.8, 4) is 0 Å². The average molecular weight is 203 g/mol. The van der Waals surface area contributed by atoms with Crippen LogP contribution in [0.15, 0.2) is 4.99 Å². The van der Waals surface area contributed by atoms with Gasteiger partial charge in [-0.15, -0.1) is 0 Å². The highest BCUT2D eigenvalue weighted by Gasteiger charge is 2.20. The zero-order valence-electron chi connectivity index (χ0n) is 7.60. The molecule has 0 atom stereocenters. The molecular weight excluding hydrogens is 190 g/mol. The zero-order chi connectivity index (χ0) is 9.68. The van der Waals surface area contributed by atoms with Gasteiger partial charge in [0.25, 0.3) is 6.54 Å². The van der Waals surface area contributed by atoms with Crippen LogP contribution in [0, 0.1) is 10.1 Å². The highest BCUT2D eigenvalue weighted by Crippen LogP contribution is 2.03. The summed E-state index contributed by atoms with van der Waals surface area (Å²) < 4.78 is 0. The van der Waals surface area contributed by atoms with Crippen LogP contribution < -0.4 is 0 Å². The van der Waals surface area contributed by atoms with Crippen molar-refractivity contribution in [2.75, 3.05) is 38.2 Å². The van der Waals surface area contributed by atoms with Crippen molar-refractivity contribution in [1.82, 2.24) is 4.90 Å². The Bertz CT molecular complexity index is 220. The lowest BCUT2D eigenvalue weighted by Gasteiger charge is -2.16. The molecule has 0 spiro atoms. The van der Waals surface area contributed by atoms with E-state index in [0.717, 1.165) is 18.8 Å². The molecule has 1 rings (SSSR count). The van der Waals surface area contributed by atoms with Crippen LogP contribution in [0.5, 0.6) is 0 Å². The summed E-state index contributed by atoms with van der Waals surface area (Å²) in [4.78, 5) is 16.0. The minimum Gasteiger partial charge on any atom is -0.352 e. The summed E-state index contributed by atoms with van der Waals surface area (Å²) in [6.07, 6.45) is 2.03. The van der Waals surface area contributed by atoms with Gasteiger partial charge in [-0.2, -0.15) is 11.8 Å². The number of aliphatic imine (C=N–C) groups is 1. The first-order chi connectivity index (χ1) is 6.24. The fourth-order valence-electron chi connectivity index (χ4n) is 1.24. The minimum absolute atomic E-state index is 0.131. The van der Waals surface area contributed by atoms with Gasteiger partial charge in [-0.25, -0.2) is 0 Å². The van der Waals surface area contributed by atoms with Crippen molar-refractivity contribution in [2.24, 2.45) is 4.99 Å². The fourth-order valence-corrected chi connectivity index (χ4v) is 1.64. The van der Waals surface area contributed by atoms with E-state index in [9.17, 15) is 10.1 Å². The largest absolute Gasteiger partial charge is 0.352 e. The predicted molar refractivity (Wildman–Crippen MR) is 54.1 cm³/mol. The van der Waals surface area contributed by atoms with Crippen LogP contribution in [0.4, 0.5) is 0 Å². The Morgan fingerprint density at radius 3 is 3.15 bits per heavy atom. The molecule has 0 bridgehead atoms. The lowest BCUT2D eigenvalue weighted by atomic mass is 10.5. The minimum atomic E-state index is -0.323. The molecule has 1 heterocycles. The van der Waals surface area contributed by atoms with Crippen LogP contribution in [0.1, 0.15) is 0 Å². The standard InChI is InChI=1S/C7H13N3O2S/c1-13-5-4-9-3-2-8-7(9)6-10(11)12/h2-6H2,1H3. The van der Waals surface area contributed by atoms with E-state index in [-0.39, 0.29) is 11.5 Å². The molecule has 0 radical (unpaired) electrons. The van der Waals surface area contributed by atoms with E-state index in [2.05, 4.69) is 4.99 Å². The van der Waals surface area contributed by atoms with Crippen LogP contribution in [-0.2, 0) is 0 Å². The SMILES string of the molecule is CSCCN1CCN=C1C[N+](=O)[O-]. The van der Waals surface area contributed by atoms with Gasteiger partial charge in [-0.05, 0) is 6.26 Å². The summed E-state index contributed by atoms with van der Waals surface area (Å²) in [5, 5.41) is 10.3. The highest BCUT2D eigenvalue weighted by atomic mass is 32.2. The molecule has 0 aliphatic carbocycles. The van der Waals surface area contributed by atoms with Gasteiger partial charge < -0.3 is 4.90 Å². The molecule has 13 heavy (non-hydrogen) atoms. The number of rotatable bonds is 5. The normalized spacial score (nSPS) is 16.1. The maximum Gasteiger partial charge on any atom is 0.260 e. The number of hydrogen-bond donors (Lipinski definition) is 0. The van der Waals surface area contributed by atoms with E-state index in [1.54, 1.807) is 11.8 Å². The molecule has 0 N–H and O–H groups in total. The molecule has 0 aromatic heterocycles. The molecular formula is C7H13N3O2S. The van der Waals surface area contributed by atoms with E-state index >= 15 is 0 Å². The van der Waals surface area contributed by atoms with Gasteiger partial charge in [-0.3, -0.25) is 15.1 Å². The van der Waals surface area contributed by atoms with E-state index in [1.165, 1.54) is 0 Å². The van der Waals surface area contributed by atoms with Gasteiger partial charge in [0, 0.05) is 23.8 Å². The highest BCUT2D eigenvalue weighted by molar-refractivity contribution is 7.98. The van der Waals surface area contributed by atoms with Crippen LogP contribution in [0.25, 0.3) is 0 Å².